The minimum absolute atomic E-state index is 0.252. The molecule has 2 aromatic rings. The SMILES string of the molecule is Cc1cc([C@@](C)(CC2CC2)NC(=O)c2ccc(C3CC3)c(OCC(F)F)c2)n[nH]1. The Bertz CT molecular complexity index is 890. The van der Waals surface area contributed by atoms with E-state index in [1.54, 1.807) is 12.1 Å². The van der Waals surface area contributed by atoms with Gasteiger partial charge in [0, 0.05) is 11.3 Å². The molecule has 156 valence electrons. The van der Waals surface area contributed by atoms with Gasteiger partial charge in [-0.3, -0.25) is 9.89 Å². The molecule has 4 rings (SSSR count). The smallest absolute Gasteiger partial charge is 0.272 e. The number of nitrogens with one attached hydrogen (secondary N) is 2. The molecule has 2 saturated carbocycles. The molecule has 0 aliphatic heterocycles. The Morgan fingerprint density at radius 2 is 2.07 bits per heavy atom. The summed E-state index contributed by atoms with van der Waals surface area (Å²) in [5, 5.41) is 10.5. The van der Waals surface area contributed by atoms with Gasteiger partial charge in [-0.25, -0.2) is 8.78 Å². The number of ether oxygens (including phenoxy) is 1. The molecule has 2 N–H and O–H groups in total. The van der Waals surface area contributed by atoms with Crippen LogP contribution in [0.5, 0.6) is 5.75 Å². The Morgan fingerprint density at radius 3 is 2.66 bits per heavy atom. The second kappa shape index (κ2) is 7.76. The Hall–Kier alpha value is -2.44. The molecule has 0 radical (unpaired) electrons. The first kappa shape index (κ1) is 19.9. The highest BCUT2D eigenvalue weighted by Crippen LogP contribution is 2.45. The molecule has 5 nitrogen and oxygen atoms in total. The molecule has 2 aliphatic rings. The fourth-order valence-corrected chi connectivity index (χ4v) is 3.83. The van der Waals surface area contributed by atoms with Crippen LogP contribution in [0.3, 0.4) is 0 Å². The summed E-state index contributed by atoms with van der Waals surface area (Å²) in [5.41, 5.74) is 2.47. The highest BCUT2D eigenvalue weighted by Gasteiger charge is 2.38. The third-order valence-corrected chi connectivity index (χ3v) is 5.71. The van der Waals surface area contributed by atoms with Crippen molar-refractivity contribution in [3.8, 4) is 5.75 Å². The van der Waals surface area contributed by atoms with Crippen molar-refractivity contribution in [2.45, 2.75) is 63.8 Å². The Balaban J connectivity index is 1.56. The van der Waals surface area contributed by atoms with E-state index in [9.17, 15) is 13.6 Å². The van der Waals surface area contributed by atoms with Crippen molar-refractivity contribution >= 4 is 5.91 Å². The summed E-state index contributed by atoms with van der Waals surface area (Å²) in [6.07, 6.45) is 2.64. The van der Waals surface area contributed by atoms with Gasteiger partial charge in [0.15, 0.2) is 0 Å². The maximum atomic E-state index is 13.1. The molecule has 1 heterocycles. The van der Waals surface area contributed by atoms with Crippen LogP contribution >= 0.6 is 0 Å². The zero-order valence-corrected chi connectivity index (χ0v) is 16.8. The van der Waals surface area contributed by atoms with Crippen LogP contribution in [-0.2, 0) is 5.54 Å². The molecule has 1 atom stereocenters. The van der Waals surface area contributed by atoms with Gasteiger partial charge in [0.05, 0.1) is 11.2 Å². The van der Waals surface area contributed by atoms with Crippen LogP contribution in [0, 0.1) is 12.8 Å². The van der Waals surface area contributed by atoms with Crippen LogP contribution in [0.1, 0.15) is 72.3 Å². The molecule has 7 heteroatoms. The number of aromatic amines is 1. The van der Waals surface area contributed by atoms with Gasteiger partial charge in [0.2, 0.25) is 0 Å². The Kier molecular flexibility index (Phi) is 5.32. The first-order valence-corrected chi connectivity index (χ1v) is 10.2. The molecule has 1 amide bonds. The van der Waals surface area contributed by atoms with E-state index < -0.39 is 18.6 Å². The van der Waals surface area contributed by atoms with Crippen molar-refractivity contribution in [1.82, 2.24) is 15.5 Å². The van der Waals surface area contributed by atoms with Crippen molar-refractivity contribution in [3.05, 3.63) is 46.8 Å². The number of benzene rings is 1. The second-order valence-electron chi connectivity index (χ2n) is 8.60. The van der Waals surface area contributed by atoms with E-state index in [0.29, 0.717) is 23.1 Å². The normalized spacial score (nSPS) is 18.5. The van der Waals surface area contributed by atoms with Gasteiger partial charge in [0.1, 0.15) is 12.4 Å². The minimum atomic E-state index is -2.55. The van der Waals surface area contributed by atoms with Crippen molar-refractivity contribution in [2.24, 2.45) is 5.92 Å². The number of aromatic nitrogens is 2. The summed E-state index contributed by atoms with van der Waals surface area (Å²) in [6.45, 7) is 3.25. The second-order valence-corrected chi connectivity index (χ2v) is 8.60. The molecule has 2 aliphatic carbocycles. The van der Waals surface area contributed by atoms with E-state index >= 15 is 0 Å². The zero-order valence-electron chi connectivity index (χ0n) is 16.8. The average molecular weight is 403 g/mol. The predicted molar refractivity (Wildman–Crippen MR) is 105 cm³/mol. The summed E-state index contributed by atoms with van der Waals surface area (Å²) >= 11 is 0. The molecule has 1 aromatic carbocycles. The van der Waals surface area contributed by atoms with Gasteiger partial charge >= 0.3 is 0 Å². The Morgan fingerprint density at radius 1 is 1.31 bits per heavy atom. The lowest BCUT2D eigenvalue weighted by molar-refractivity contribution is 0.0812. The Labute approximate surface area is 169 Å². The summed E-state index contributed by atoms with van der Waals surface area (Å²) < 4.78 is 30.6. The molecular formula is C22H27F2N3O2. The summed E-state index contributed by atoms with van der Waals surface area (Å²) in [4.78, 5) is 13.1. The quantitative estimate of drug-likeness (QED) is 0.639. The van der Waals surface area contributed by atoms with E-state index in [-0.39, 0.29) is 5.91 Å². The summed E-state index contributed by atoms with van der Waals surface area (Å²) in [7, 11) is 0. The molecule has 2 fully saturated rings. The van der Waals surface area contributed by atoms with E-state index in [1.807, 2.05) is 26.0 Å². The lowest BCUT2D eigenvalue weighted by Gasteiger charge is -2.29. The van der Waals surface area contributed by atoms with Crippen LogP contribution in [0.25, 0.3) is 0 Å². The lowest BCUT2D eigenvalue weighted by atomic mass is 9.90. The fourth-order valence-electron chi connectivity index (χ4n) is 3.83. The molecule has 0 bridgehead atoms. The molecule has 1 aromatic heterocycles. The summed E-state index contributed by atoms with van der Waals surface area (Å²) in [6, 6.07) is 7.14. The van der Waals surface area contributed by atoms with E-state index in [4.69, 9.17) is 4.74 Å². The van der Waals surface area contributed by atoms with Crippen LogP contribution in [-0.4, -0.2) is 29.1 Å². The largest absolute Gasteiger partial charge is 0.487 e. The van der Waals surface area contributed by atoms with Gasteiger partial charge < -0.3 is 10.1 Å². The van der Waals surface area contributed by atoms with Crippen LogP contribution in [0.2, 0.25) is 0 Å². The number of amides is 1. The predicted octanol–water partition coefficient (Wildman–Crippen LogP) is 4.68. The average Bonchev–Trinajstić information content (AvgIpc) is 3.60. The van der Waals surface area contributed by atoms with E-state index in [1.165, 1.54) is 0 Å². The van der Waals surface area contributed by atoms with Crippen molar-refractivity contribution < 1.29 is 18.3 Å². The third-order valence-electron chi connectivity index (χ3n) is 5.71. The van der Waals surface area contributed by atoms with E-state index in [0.717, 1.165) is 49.1 Å². The number of aryl methyl sites for hydroxylation is 1. The molecule has 29 heavy (non-hydrogen) atoms. The lowest BCUT2D eigenvalue weighted by Crippen LogP contribution is -2.44. The standard InChI is InChI=1S/C22H27F2N3O2/c1-13-9-19(27-26-13)22(2,11-14-3-4-14)25-21(28)16-7-8-17(15-5-6-15)18(10-16)29-12-20(23)24/h7-10,14-15,20H,3-6,11-12H2,1-2H3,(H,25,28)(H,26,27)/t22-/m1/s1. The monoisotopic (exact) mass is 403 g/mol. The van der Waals surface area contributed by atoms with Crippen LogP contribution in [0.15, 0.2) is 24.3 Å². The summed E-state index contributed by atoms with van der Waals surface area (Å²) in [5.74, 6) is 1.06. The molecule has 0 spiro atoms. The number of nitrogens with zero attached hydrogens (tertiary/aromatic N) is 1. The molecule has 0 unspecified atom stereocenters. The number of hydrogen-bond donors (Lipinski definition) is 2. The minimum Gasteiger partial charge on any atom is -0.487 e. The van der Waals surface area contributed by atoms with Crippen molar-refractivity contribution in [2.75, 3.05) is 6.61 Å². The fraction of sp³-hybridized carbons (Fsp3) is 0.545. The van der Waals surface area contributed by atoms with Gasteiger partial charge in [-0.15, -0.1) is 0 Å². The van der Waals surface area contributed by atoms with Crippen LogP contribution < -0.4 is 10.1 Å². The van der Waals surface area contributed by atoms with Gasteiger partial charge in [-0.2, -0.15) is 5.10 Å². The number of alkyl halides is 2. The van der Waals surface area contributed by atoms with Crippen LogP contribution in [0.4, 0.5) is 8.78 Å². The highest BCUT2D eigenvalue weighted by molar-refractivity contribution is 5.95. The van der Waals surface area contributed by atoms with Gasteiger partial charge in [0.25, 0.3) is 12.3 Å². The number of rotatable bonds is 9. The number of hydrogen-bond acceptors (Lipinski definition) is 3. The molecular weight excluding hydrogens is 376 g/mol. The number of H-pyrrole nitrogens is 1. The zero-order chi connectivity index (χ0) is 20.6. The first-order chi connectivity index (χ1) is 13.8. The topological polar surface area (TPSA) is 67.0 Å². The third kappa shape index (κ3) is 4.77. The number of carbonyl (C=O) groups is 1. The van der Waals surface area contributed by atoms with E-state index in [2.05, 4.69) is 15.5 Å². The van der Waals surface area contributed by atoms with Gasteiger partial charge in [-0.05, 0) is 68.7 Å². The van der Waals surface area contributed by atoms with Crippen molar-refractivity contribution in [1.29, 1.82) is 0 Å². The van der Waals surface area contributed by atoms with Crippen molar-refractivity contribution in [3.63, 3.8) is 0 Å². The molecule has 0 saturated heterocycles. The number of carbonyl (C=O) groups excluding carboxylic acids is 1. The number of halogens is 2. The van der Waals surface area contributed by atoms with Gasteiger partial charge in [-0.1, -0.05) is 18.9 Å². The maximum Gasteiger partial charge on any atom is 0.272 e. The highest BCUT2D eigenvalue weighted by atomic mass is 19.3. The first-order valence-electron chi connectivity index (χ1n) is 10.2. The maximum absolute atomic E-state index is 13.1.